The minimum Gasteiger partial charge on any atom is -0.508 e. The molecule has 0 radical (unpaired) electrons. The maximum Gasteiger partial charge on any atom is 0.256 e. The monoisotopic (exact) mass is 517 g/mol. The summed E-state index contributed by atoms with van der Waals surface area (Å²) < 4.78 is 0. The van der Waals surface area contributed by atoms with E-state index in [2.05, 4.69) is 0 Å². The normalized spacial score (nSPS) is 35.2. The largest absolute Gasteiger partial charge is 0.508 e. The number of aromatic hydroxyl groups is 1. The van der Waals surface area contributed by atoms with Crippen molar-refractivity contribution in [1.29, 1.82) is 0 Å². The van der Waals surface area contributed by atoms with Crippen LogP contribution >= 0.6 is 0 Å². The summed E-state index contributed by atoms with van der Waals surface area (Å²) in [5.41, 5.74) is 10.6. The summed E-state index contributed by atoms with van der Waals surface area (Å²) in [4.78, 5) is 42.9. The number of likely N-dealkylation sites (N-methyl/N-ethyl adjacent to an activating group) is 1. The number of rotatable bonds is 5. The molecule has 4 rings (SSSR count). The number of nitrogens with zero attached hydrogens (tertiary/aromatic N) is 2. The number of amides is 1. The highest BCUT2D eigenvalue weighted by Crippen LogP contribution is 2.57. The van der Waals surface area contributed by atoms with E-state index in [1.165, 1.54) is 25.1 Å². The van der Waals surface area contributed by atoms with Gasteiger partial charge in [0.1, 0.15) is 22.7 Å². The molecule has 0 bridgehead atoms. The number of nitrogens with two attached hydrogens (primary N) is 3. The molecule has 12 heteroatoms. The summed E-state index contributed by atoms with van der Waals surface area (Å²) in [7, 11) is 2.93. The van der Waals surface area contributed by atoms with Crippen LogP contribution < -0.4 is 22.1 Å². The van der Waals surface area contributed by atoms with Crippen LogP contribution in [-0.2, 0) is 16.0 Å². The first-order chi connectivity index (χ1) is 17.1. The van der Waals surface area contributed by atoms with Gasteiger partial charge >= 0.3 is 0 Å². The van der Waals surface area contributed by atoms with Crippen LogP contribution in [0.15, 0.2) is 23.5 Å². The molecule has 1 fully saturated rings. The lowest BCUT2D eigenvalue weighted by Gasteiger charge is -2.62. The number of aliphatic hydroxyl groups excluding tert-OH is 1. The molecule has 12 nitrogen and oxygen atoms in total. The van der Waals surface area contributed by atoms with Gasteiger partial charge in [-0.3, -0.25) is 19.3 Å². The molecular weight excluding hydrogens is 482 g/mol. The van der Waals surface area contributed by atoms with Gasteiger partial charge in [-0.1, -0.05) is 0 Å². The highest BCUT2D eigenvalue weighted by Gasteiger charge is 2.75. The van der Waals surface area contributed by atoms with Gasteiger partial charge in [0.15, 0.2) is 17.1 Å². The highest BCUT2D eigenvalue weighted by molar-refractivity contribution is 6.24. The molecule has 6 atom stereocenters. The molecule has 3 aliphatic rings. The van der Waals surface area contributed by atoms with E-state index in [4.69, 9.17) is 17.2 Å². The molecule has 0 aromatic heterocycles. The van der Waals surface area contributed by atoms with Crippen LogP contribution in [0.25, 0.3) is 0 Å². The van der Waals surface area contributed by atoms with Crippen molar-refractivity contribution in [3.05, 3.63) is 34.6 Å². The summed E-state index contributed by atoms with van der Waals surface area (Å²) in [6.45, 7) is 5.17. The predicted molar refractivity (Wildman–Crippen MR) is 133 cm³/mol. The Morgan fingerprint density at radius 1 is 1.11 bits per heavy atom. The second-order valence-electron chi connectivity index (χ2n) is 10.5. The third-order valence-electron chi connectivity index (χ3n) is 8.67. The van der Waals surface area contributed by atoms with E-state index >= 15 is 0 Å². The number of benzene rings is 1. The van der Waals surface area contributed by atoms with Crippen molar-refractivity contribution in [3.63, 3.8) is 0 Å². The van der Waals surface area contributed by atoms with Crippen molar-refractivity contribution < 1.29 is 34.8 Å². The van der Waals surface area contributed by atoms with Crippen molar-refractivity contribution in [3.8, 4) is 5.75 Å². The quantitative estimate of drug-likeness (QED) is 0.180. The number of anilines is 1. The predicted octanol–water partition coefficient (Wildman–Crippen LogP) is -1.30. The van der Waals surface area contributed by atoms with Gasteiger partial charge in [-0.15, -0.1) is 0 Å². The number of phenols is 1. The number of ketones is 2. The van der Waals surface area contributed by atoms with E-state index in [0.29, 0.717) is 18.7 Å². The zero-order valence-corrected chi connectivity index (χ0v) is 21.4. The number of hydrogen-bond donors (Lipinski definition) is 7. The minimum absolute atomic E-state index is 0.0417. The SMILES string of the molecule is CCN(CC)c1ccc(O)c2c1CC1CC3C(O)(C(=O)C(C(N)=O)=C(O)[C@@]3(N)N(C)C)C(N)(O)C1C2=O. The summed E-state index contributed by atoms with van der Waals surface area (Å²) in [5, 5.41) is 45.3. The van der Waals surface area contributed by atoms with Crippen molar-refractivity contribution in [2.45, 2.75) is 43.7 Å². The van der Waals surface area contributed by atoms with Gasteiger partial charge in [0.2, 0.25) is 5.78 Å². The van der Waals surface area contributed by atoms with E-state index in [0.717, 1.165) is 5.69 Å². The van der Waals surface area contributed by atoms with E-state index in [9.17, 15) is 34.8 Å². The molecule has 3 aliphatic carbocycles. The maximum absolute atomic E-state index is 13.9. The Kier molecular flexibility index (Phi) is 6.21. The highest BCUT2D eigenvalue weighted by atomic mass is 16.4. The lowest BCUT2D eigenvalue weighted by atomic mass is 9.49. The number of carbonyl (C=O) groups excluding carboxylic acids is 3. The number of phenolic OH excluding ortho intramolecular Hbond substituents is 1. The van der Waals surface area contributed by atoms with Crippen molar-refractivity contribution in [1.82, 2.24) is 4.90 Å². The van der Waals surface area contributed by atoms with Crippen LogP contribution in [0, 0.1) is 17.8 Å². The van der Waals surface area contributed by atoms with Gasteiger partial charge in [-0.2, -0.15) is 0 Å². The molecule has 202 valence electrons. The zero-order chi connectivity index (χ0) is 27.8. The molecular formula is C25H35N5O7. The molecule has 37 heavy (non-hydrogen) atoms. The van der Waals surface area contributed by atoms with E-state index in [-0.39, 0.29) is 24.2 Å². The third-order valence-corrected chi connectivity index (χ3v) is 8.67. The van der Waals surface area contributed by atoms with Crippen molar-refractivity contribution in [2.24, 2.45) is 35.0 Å². The number of Topliss-reactive ketones (excluding diaryl/α,β-unsaturated/α-hetero) is 2. The number of primary amides is 1. The van der Waals surface area contributed by atoms with Gasteiger partial charge < -0.3 is 42.5 Å². The topological polar surface area (TPSA) is 217 Å². The second kappa shape index (κ2) is 8.50. The van der Waals surface area contributed by atoms with E-state index in [1.54, 1.807) is 6.07 Å². The fourth-order valence-electron chi connectivity index (χ4n) is 6.74. The lowest BCUT2D eigenvalue weighted by Crippen LogP contribution is -2.84. The number of hydrogen-bond acceptors (Lipinski definition) is 11. The van der Waals surface area contributed by atoms with Gasteiger partial charge in [0.05, 0.1) is 11.5 Å². The van der Waals surface area contributed by atoms with Gasteiger partial charge in [-0.25, -0.2) is 0 Å². The van der Waals surface area contributed by atoms with Crippen LogP contribution in [0.3, 0.4) is 0 Å². The lowest BCUT2D eigenvalue weighted by molar-refractivity contribution is -0.244. The second-order valence-corrected chi connectivity index (χ2v) is 10.5. The molecule has 0 saturated heterocycles. The molecule has 10 N–H and O–H groups in total. The summed E-state index contributed by atoms with van der Waals surface area (Å²) in [5.74, 6) is -8.35. The fourth-order valence-corrected chi connectivity index (χ4v) is 6.74. The first-order valence-electron chi connectivity index (χ1n) is 12.2. The molecule has 0 aliphatic heterocycles. The Hall–Kier alpha value is -3.03. The van der Waals surface area contributed by atoms with Crippen LogP contribution in [0.5, 0.6) is 5.75 Å². The van der Waals surface area contributed by atoms with Crippen LogP contribution in [-0.4, -0.2) is 87.0 Å². The minimum atomic E-state index is -2.96. The first kappa shape index (κ1) is 27.0. The molecule has 1 aromatic carbocycles. The molecule has 1 aromatic rings. The van der Waals surface area contributed by atoms with Crippen LogP contribution in [0.1, 0.15) is 36.2 Å². The smallest absolute Gasteiger partial charge is 0.256 e. The molecule has 1 amide bonds. The molecule has 5 unspecified atom stereocenters. The van der Waals surface area contributed by atoms with Crippen molar-refractivity contribution >= 4 is 23.2 Å². The van der Waals surface area contributed by atoms with Crippen LogP contribution in [0.2, 0.25) is 0 Å². The van der Waals surface area contributed by atoms with Gasteiger partial charge in [0.25, 0.3) is 5.91 Å². The Morgan fingerprint density at radius 3 is 2.22 bits per heavy atom. The summed E-state index contributed by atoms with van der Waals surface area (Å²) in [6.07, 6.45) is 0.0542. The van der Waals surface area contributed by atoms with E-state index in [1.807, 2.05) is 18.7 Å². The standard InChI is InChI=1S/C25H35N5O7/c1-5-30(6-2)13-7-8-14(31)16-12(13)9-11-10-15-23(36,25(28,37)18(11)19(16)32)20(33)17(22(26)35)21(34)24(15,27)29(3)4/h7-8,11,15,18,31,34,36-37H,5-6,9-10,27-28H2,1-4H3,(H2,26,35)/t11?,15?,18?,23?,24-,25?/m0/s1. The van der Waals surface area contributed by atoms with Crippen LogP contribution in [0.4, 0.5) is 5.69 Å². The first-order valence-corrected chi connectivity index (χ1v) is 12.2. The summed E-state index contributed by atoms with van der Waals surface area (Å²) in [6, 6.07) is 3.10. The van der Waals surface area contributed by atoms with E-state index < -0.39 is 63.5 Å². The molecule has 0 spiro atoms. The number of aliphatic hydroxyl groups is 3. The van der Waals surface area contributed by atoms with Gasteiger partial charge in [0, 0.05) is 24.7 Å². The zero-order valence-electron chi connectivity index (χ0n) is 21.4. The number of fused-ring (bicyclic) bond motifs is 3. The average Bonchev–Trinajstić information content (AvgIpc) is 2.81. The Labute approximate surface area is 214 Å². The van der Waals surface area contributed by atoms with Gasteiger partial charge in [-0.05, 0) is 64.4 Å². The Morgan fingerprint density at radius 2 is 1.70 bits per heavy atom. The maximum atomic E-state index is 13.9. The Bertz CT molecular complexity index is 1220. The Balaban J connectivity index is 1.98. The molecule has 1 saturated carbocycles. The van der Waals surface area contributed by atoms with Crippen molar-refractivity contribution in [2.75, 3.05) is 32.1 Å². The average molecular weight is 518 g/mol. The number of carbonyl (C=O) groups is 3. The summed E-state index contributed by atoms with van der Waals surface area (Å²) >= 11 is 0. The molecule has 0 heterocycles. The fraction of sp³-hybridized carbons (Fsp3) is 0.560. The third kappa shape index (κ3) is 3.23.